The van der Waals surface area contributed by atoms with Crippen molar-refractivity contribution in [1.29, 1.82) is 0 Å². The number of rotatable bonds is 2. The summed E-state index contributed by atoms with van der Waals surface area (Å²) in [6, 6.07) is 9.78. The van der Waals surface area contributed by atoms with Crippen molar-refractivity contribution in [1.82, 2.24) is 9.78 Å². The van der Waals surface area contributed by atoms with Gasteiger partial charge in [0.25, 0.3) is 0 Å². The average molecular weight is 213 g/mol. The first-order valence-corrected chi connectivity index (χ1v) is 4.89. The number of aromatic nitrogens is 2. The normalized spacial score (nSPS) is 9.88. The SMILES string of the molecule is Cc1ccc(-c2cc(N=C=O)n(C)n2)cc1. The zero-order valence-electron chi connectivity index (χ0n) is 9.14. The molecular formula is C12H11N3O. The number of nitrogens with zero attached hydrogens (tertiary/aromatic N) is 3. The average Bonchev–Trinajstić information content (AvgIpc) is 2.62. The molecule has 4 nitrogen and oxygen atoms in total. The van der Waals surface area contributed by atoms with Crippen LogP contribution < -0.4 is 0 Å². The fourth-order valence-corrected chi connectivity index (χ4v) is 1.47. The van der Waals surface area contributed by atoms with Gasteiger partial charge in [-0.15, -0.1) is 4.99 Å². The molecule has 0 unspecified atom stereocenters. The molecule has 0 radical (unpaired) electrons. The van der Waals surface area contributed by atoms with Crippen LogP contribution in [0.1, 0.15) is 5.56 Å². The lowest BCUT2D eigenvalue weighted by molar-refractivity contribution is 0.564. The molecule has 2 rings (SSSR count). The number of carbonyl (C=O) groups excluding carboxylic acids is 1. The van der Waals surface area contributed by atoms with Crippen molar-refractivity contribution in [2.75, 3.05) is 0 Å². The number of benzene rings is 1. The van der Waals surface area contributed by atoms with E-state index in [4.69, 9.17) is 0 Å². The van der Waals surface area contributed by atoms with Gasteiger partial charge in [-0.25, -0.2) is 9.48 Å². The molecular weight excluding hydrogens is 202 g/mol. The van der Waals surface area contributed by atoms with Crippen molar-refractivity contribution >= 4 is 11.9 Å². The zero-order valence-corrected chi connectivity index (χ0v) is 9.14. The van der Waals surface area contributed by atoms with Gasteiger partial charge in [0.1, 0.15) is 0 Å². The third-order valence-electron chi connectivity index (χ3n) is 2.36. The summed E-state index contributed by atoms with van der Waals surface area (Å²) >= 11 is 0. The van der Waals surface area contributed by atoms with Crippen LogP contribution in [-0.2, 0) is 11.8 Å². The fourth-order valence-electron chi connectivity index (χ4n) is 1.47. The quantitative estimate of drug-likeness (QED) is 0.568. The Kier molecular flexibility index (Phi) is 2.66. The summed E-state index contributed by atoms with van der Waals surface area (Å²) < 4.78 is 1.56. The lowest BCUT2D eigenvalue weighted by Gasteiger charge is -1.96. The van der Waals surface area contributed by atoms with E-state index in [2.05, 4.69) is 10.1 Å². The minimum Gasteiger partial charge on any atom is -0.250 e. The van der Waals surface area contributed by atoms with E-state index >= 15 is 0 Å². The van der Waals surface area contributed by atoms with Crippen LogP contribution in [0.2, 0.25) is 0 Å². The minimum atomic E-state index is 0.505. The van der Waals surface area contributed by atoms with E-state index in [0.29, 0.717) is 5.82 Å². The molecule has 0 saturated heterocycles. The first kappa shape index (κ1) is 10.3. The van der Waals surface area contributed by atoms with Gasteiger partial charge in [-0.2, -0.15) is 5.10 Å². The summed E-state index contributed by atoms with van der Waals surface area (Å²) in [5.74, 6) is 0.505. The van der Waals surface area contributed by atoms with Crippen LogP contribution in [0.4, 0.5) is 5.82 Å². The number of aliphatic imine (C=N–C) groups is 1. The van der Waals surface area contributed by atoms with Gasteiger partial charge in [-0.3, -0.25) is 0 Å². The highest BCUT2D eigenvalue weighted by molar-refractivity contribution is 5.63. The Morgan fingerprint density at radius 3 is 2.62 bits per heavy atom. The van der Waals surface area contributed by atoms with Crippen molar-refractivity contribution < 1.29 is 4.79 Å². The van der Waals surface area contributed by atoms with Crippen LogP contribution in [0.15, 0.2) is 35.3 Å². The van der Waals surface area contributed by atoms with Crippen molar-refractivity contribution in [3.63, 3.8) is 0 Å². The van der Waals surface area contributed by atoms with Crippen molar-refractivity contribution in [3.05, 3.63) is 35.9 Å². The Labute approximate surface area is 93.2 Å². The lowest BCUT2D eigenvalue weighted by Crippen LogP contribution is -1.89. The summed E-state index contributed by atoms with van der Waals surface area (Å²) in [5.41, 5.74) is 3.01. The molecule has 1 heterocycles. The van der Waals surface area contributed by atoms with E-state index in [9.17, 15) is 4.79 Å². The molecule has 0 aliphatic carbocycles. The Bertz CT molecular complexity index is 548. The summed E-state index contributed by atoms with van der Waals surface area (Å²) in [4.78, 5) is 13.7. The maximum atomic E-state index is 10.2. The molecule has 16 heavy (non-hydrogen) atoms. The third-order valence-corrected chi connectivity index (χ3v) is 2.36. The van der Waals surface area contributed by atoms with Crippen LogP contribution in [0.5, 0.6) is 0 Å². The van der Waals surface area contributed by atoms with E-state index in [1.807, 2.05) is 31.2 Å². The number of aryl methyl sites for hydroxylation is 2. The van der Waals surface area contributed by atoms with Crippen LogP contribution in [0.3, 0.4) is 0 Å². The first-order valence-electron chi connectivity index (χ1n) is 4.89. The Morgan fingerprint density at radius 1 is 1.31 bits per heavy atom. The molecule has 4 heteroatoms. The Balaban J connectivity index is 2.45. The molecule has 0 amide bonds. The van der Waals surface area contributed by atoms with Gasteiger partial charge in [0.15, 0.2) is 5.82 Å². The summed E-state index contributed by atoms with van der Waals surface area (Å²) in [6.45, 7) is 2.03. The molecule has 0 aliphatic rings. The van der Waals surface area contributed by atoms with Crippen LogP contribution in [0.25, 0.3) is 11.3 Å². The van der Waals surface area contributed by atoms with Gasteiger partial charge in [0, 0.05) is 18.7 Å². The molecule has 0 saturated carbocycles. The molecule has 0 fully saturated rings. The van der Waals surface area contributed by atoms with Gasteiger partial charge in [0.2, 0.25) is 6.08 Å². The van der Waals surface area contributed by atoms with Gasteiger partial charge in [-0.1, -0.05) is 29.8 Å². The van der Waals surface area contributed by atoms with Gasteiger partial charge in [0.05, 0.1) is 5.69 Å². The largest absolute Gasteiger partial charge is 0.250 e. The molecule has 0 N–H and O–H groups in total. The van der Waals surface area contributed by atoms with Crippen LogP contribution >= 0.6 is 0 Å². The van der Waals surface area contributed by atoms with Crippen molar-refractivity contribution in [2.24, 2.45) is 12.0 Å². The topological polar surface area (TPSA) is 47.2 Å². The van der Waals surface area contributed by atoms with Crippen molar-refractivity contribution in [2.45, 2.75) is 6.92 Å². The van der Waals surface area contributed by atoms with E-state index in [1.165, 1.54) is 11.6 Å². The maximum Gasteiger partial charge on any atom is 0.242 e. The van der Waals surface area contributed by atoms with E-state index < -0.39 is 0 Å². The summed E-state index contributed by atoms with van der Waals surface area (Å²) in [6.07, 6.45) is 1.51. The standard InChI is InChI=1S/C12H11N3O/c1-9-3-5-10(6-4-9)11-7-12(13-8-16)15(2)14-11/h3-7H,1-2H3. The number of hydrogen-bond donors (Lipinski definition) is 0. The van der Waals surface area contributed by atoms with Gasteiger partial charge in [-0.05, 0) is 6.92 Å². The second-order valence-corrected chi connectivity index (χ2v) is 3.58. The lowest BCUT2D eigenvalue weighted by atomic mass is 10.1. The molecule has 1 aromatic carbocycles. The van der Waals surface area contributed by atoms with E-state index in [0.717, 1.165) is 11.3 Å². The highest BCUT2D eigenvalue weighted by atomic mass is 16.1. The summed E-state index contributed by atoms with van der Waals surface area (Å²) in [5, 5.41) is 4.27. The van der Waals surface area contributed by atoms with Gasteiger partial charge < -0.3 is 0 Å². The fraction of sp³-hybridized carbons (Fsp3) is 0.167. The van der Waals surface area contributed by atoms with E-state index in [1.54, 1.807) is 17.8 Å². The first-order chi connectivity index (χ1) is 7.70. The van der Waals surface area contributed by atoms with Crippen molar-refractivity contribution in [3.8, 4) is 11.3 Å². The molecule has 2 aromatic rings. The number of hydrogen-bond acceptors (Lipinski definition) is 3. The van der Waals surface area contributed by atoms with E-state index in [-0.39, 0.29) is 0 Å². The highest BCUT2D eigenvalue weighted by Gasteiger charge is 2.05. The molecule has 0 spiro atoms. The smallest absolute Gasteiger partial charge is 0.242 e. The molecule has 1 aromatic heterocycles. The van der Waals surface area contributed by atoms with Gasteiger partial charge >= 0.3 is 0 Å². The molecule has 0 bridgehead atoms. The Hall–Kier alpha value is -2.19. The zero-order chi connectivity index (χ0) is 11.5. The highest BCUT2D eigenvalue weighted by Crippen LogP contribution is 2.22. The monoisotopic (exact) mass is 213 g/mol. The predicted molar refractivity (Wildman–Crippen MR) is 61.2 cm³/mol. The predicted octanol–water partition coefficient (Wildman–Crippen LogP) is 2.36. The molecule has 0 aliphatic heterocycles. The molecule has 0 atom stereocenters. The van der Waals surface area contributed by atoms with Crippen LogP contribution in [0, 0.1) is 6.92 Å². The summed E-state index contributed by atoms with van der Waals surface area (Å²) in [7, 11) is 1.74. The third kappa shape index (κ3) is 1.92. The second-order valence-electron chi connectivity index (χ2n) is 3.58. The number of isocyanates is 1. The van der Waals surface area contributed by atoms with Crippen LogP contribution in [-0.4, -0.2) is 15.9 Å². The maximum absolute atomic E-state index is 10.2. The Morgan fingerprint density at radius 2 is 2.00 bits per heavy atom. The second kappa shape index (κ2) is 4.13. The molecule has 80 valence electrons. The minimum absolute atomic E-state index is 0.505.